The van der Waals surface area contributed by atoms with Crippen LogP contribution in [0.1, 0.15) is 27.4 Å². The summed E-state index contributed by atoms with van der Waals surface area (Å²) in [6.45, 7) is 4.07. The first-order valence-electron chi connectivity index (χ1n) is 7.98. The number of aryl methyl sites for hydroxylation is 2. The molecular formula is C19H20N2O4. The van der Waals surface area contributed by atoms with Crippen LogP contribution >= 0.6 is 0 Å². The Bertz CT molecular complexity index is 952. The highest BCUT2D eigenvalue weighted by Crippen LogP contribution is 2.21. The van der Waals surface area contributed by atoms with Gasteiger partial charge in [-0.15, -0.1) is 0 Å². The van der Waals surface area contributed by atoms with Gasteiger partial charge in [-0.2, -0.15) is 0 Å². The van der Waals surface area contributed by atoms with Crippen LogP contribution in [0.15, 0.2) is 40.9 Å². The first-order chi connectivity index (χ1) is 11.9. The molecule has 3 aromatic rings. The summed E-state index contributed by atoms with van der Waals surface area (Å²) < 4.78 is 7.37. The maximum absolute atomic E-state index is 12.5. The number of aromatic nitrogens is 1. The minimum Gasteiger partial charge on any atom is -0.478 e. The van der Waals surface area contributed by atoms with E-state index < -0.39 is 5.97 Å². The molecule has 0 radical (unpaired) electrons. The number of carbonyl (C=O) groups excluding carboxylic acids is 1. The number of rotatable bonds is 5. The minimum absolute atomic E-state index is 0.0771. The Morgan fingerprint density at radius 1 is 1.24 bits per heavy atom. The summed E-state index contributed by atoms with van der Waals surface area (Å²) in [5, 5.41) is 10.2. The molecule has 0 unspecified atom stereocenters. The molecule has 0 bridgehead atoms. The zero-order valence-corrected chi connectivity index (χ0v) is 14.4. The van der Waals surface area contributed by atoms with E-state index in [2.05, 4.69) is 0 Å². The number of benzene rings is 1. The van der Waals surface area contributed by atoms with Crippen LogP contribution in [0.2, 0.25) is 0 Å². The Morgan fingerprint density at radius 3 is 2.64 bits per heavy atom. The molecule has 130 valence electrons. The predicted molar refractivity (Wildman–Crippen MR) is 93.6 cm³/mol. The number of hydrogen-bond acceptors (Lipinski definition) is 3. The number of aromatic carboxylic acids is 1. The van der Waals surface area contributed by atoms with E-state index in [-0.39, 0.29) is 24.6 Å². The molecule has 1 N–H and O–H groups in total. The number of nitrogens with zero attached hydrogens (tertiary/aromatic N) is 2. The van der Waals surface area contributed by atoms with Crippen LogP contribution in [-0.4, -0.2) is 33.5 Å². The highest BCUT2D eigenvalue weighted by atomic mass is 16.4. The summed E-state index contributed by atoms with van der Waals surface area (Å²) in [5.74, 6) is -0.308. The van der Waals surface area contributed by atoms with E-state index in [4.69, 9.17) is 9.52 Å². The van der Waals surface area contributed by atoms with Crippen LogP contribution in [0.3, 0.4) is 0 Å². The SMILES string of the molecule is Cc1oc(CN(C)C(=O)Cn2cc(C)c3ccccc32)cc1C(=O)O. The molecule has 0 saturated heterocycles. The van der Waals surface area contributed by atoms with Gasteiger partial charge in [-0.05, 0) is 31.5 Å². The topological polar surface area (TPSA) is 75.7 Å². The molecule has 2 aromatic heterocycles. The average molecular weight is 340 g/mol. The number of carboxylic acids is 1. The number of para-hydroxylation sites is 1. The fraction of sp³-hybridized carbons (Fsp3) is 0.263. The second kappa shape index (κ2) is 6.47. The van der Waals surface area contributed by atoms with Gasteiger partial charge in [0.15, 0.2) is 0 Å². The molecule has 6 nitrogen and oxygen atoms in total. The van der Waals surface area contributed by atoms with Crippen molar-refractivity contribution in [2.75, 3.05) is 7.05 Å². The largest absolute Gasteiger partial charge is 0.478 e. The second-order valence-corrected chi connectivity index (χ2v) is 6.19. The van der Waals surface area contributed by atoms with Gasteiger partial charge in [-0.1, -0.05) is 18.2 Å². The first kappa shape index (κ1) is 16.8. The minimum atomic E-state index is -1.03. The number of carboxylic acid groups (broad SMARTS) is 1. The van der Waals surface area contributed by atoms with Crippen LogP contribution in [0, 0.1) is 13.8 Å². The maximum Gasteiger partial charge on any atom is 0.339 e. The molecule has 0 aliphatic heterocycles. The zero-order valence-electron chi connectivity index (χ0n) is 14.4. The van der Waals surface area contributed by atoms with Crippen molar-refractivity contribution < 1.29 is 19.1 Å². The third-order valence-electron chi connectivity index (χ3n) is 4.31. The van der Waals surface area contributed by atoms with Gasteiger partial charge >= 0.3 is 5.97 Å². The van der Waals surface area contributed by atoms with Crippen LogP contribution in [0.5, 0.6) is 0 Å². The standard InChI is InChI=1S/C19H20N2O4/c1-12-9-21(17-7-5-4-6-15(12)17)11-18(22)20(3)10-14-8-16(19(23)24)13(2)25-14/h4-9H,10-11H2,1-3H3,(H,23,24). The number of carbonyl (C=O) groups is 2. The summed E-state index contributed by atoms with van der Waals surface area (Å²) >= 11 is 0. The Balaban J connectivity index is 1.74. The number of hydrogen-bond donors (Lipinski definition) is 1. The fourth-order valence-corrected chi connectivity index (χ4v) is 2.98. The molecule has 2 heterocycles. The Morgan fingerprint density at radius 2 is 1.96 bits per heavy atom. The third-order valence-corrected chi connectivity index (χ3v) is 4.31. The molecule has 6 heteroatoms. The highest BCUT2D eigenvalue weighted by Gasteiger charge is 2.17. The zero-order chi connectivity index (χ0) is 18.1. The smallest absolute Gasteiger partial charge is 0.339 e. The second-order valence-electron chi connectivity index (χ2n) is 6.19. The molecule has 1 aromatic carbocycles. The summed E-state index contributed by atoms with van der Waals surface area (Å²) in [5.41, 5.74) is 2.27. The van der Waals surface area contributed by atoms with Gasteiger partial charge in [0.1, 0.15) is 23.6 Å². The summed E-state index contributed by atoms with van der Waals surface area (Å²) in [7, 11) is 1.68. The van der Waals surface area contributed by atoms with Crippen molar-refractivity contribution in [2.45, 2.75) is 26.9 Å². The maximum atomic E-state index is 12.5. The lowest BCUT2D eigenvalue weighted by atomic mass is 10.2. The van der Waals surface area contributed by atoms with E-state index in [9.17, 15) is 9.59 Å². The van der Waals surface area contributed by atoms with E-state index in [1.165, 1.54) is 11.0 Å². The summed E-state index contributed by atoms with van der Waals surface area (Å²) in [4.78, 5) is 25.2. The molecular weight excluding hydrogens is 320 g/mol. The van der Waals surface area contributed by atoms with E-state index >= 15 is 0 Å². The molecule has 25 heavy (non-hydrogen) atoms. The van der Waals surface area contributed by atoms with Crippen molar-refractivity contribution in [1.29, 1.82) is 0 Å². The van der Waals surface area contributed by atoms with Crippen molar-refractivity contribution in [3.63, 3.8) is 0 Å². The third kappa shape index (κ3) is 3.28. The van der Waals surface area contributed by atoms with Crippen LogP contribution in [-0.2, 0) is 17.9 Å². The lowest BCUT2D eigenvalue weighted by Crippen LogP contribution is -2.29. The van der Waals surface area contributed by atoms with Gasteiger partial charge in [-0.3, -0.25) is 4.79 Å². The van der Waals surface area contributed by atoms with Gasteiger partial charge in [0.05, 0.1) is 6.54 Å². The predicted octanol–water partition coefficient (Wildman–Crippen LogP) is 3.21. The van der Waals surface area contributed by atoms with E-state index in [1.54, 1.807) is 14.0 Å². The van der Waals surface area contributed by atoms with Crippen molar-refractivity contribution in [1.82, 2.24) is 9.47 Å². The van der Waals surface area contributed by atoms with Crippen molar-refractivity contribution in [3.8, 4) is 0 Å². The van der Waals surface area contributed by atoms with Crippen LogP contribution < -0.4 is 0 Å². The normalized spacial score (nSPS) is 11.0. The van der Waals surface area contributed by atoms with Gasteiger partial charge in [0, 0.05) is 24.1 Å². The quantitative estimate of drug-likeness (QED) is 0.774. The lowest BCUT2D eigenvalue weighted by molar-refractivity contribution is -0.131. The summed E-state index contributed by atoms with van der Waals surface area (Å²) in [6, 6.07) is 9.42. The van der Waals surface area contributed by atoms with Gasteiger partial charge in [0.2, 0.25) is 5.91 Å². The van der Waals surface area contributed by atoms with Crippen LogP contribution in [0.25, 0.3) is 10.9 Å². The Kier molecular flexibility index (Phi) is 4.35. The summed E-state index contributed by atoms with van der Waals surface area (Å²) in [6.07, 6.45) is 1.97. The van der Waals surface area contributed by atoms with E-state index in [0.717, 1.165) is 16.5 Å². The molecule has 0 atom stereocenters. The van der Waals surface area contributed by atoms with E-state index in [1.807, 2.05) is 42.0 Å². The van der Waals surface area contributed by atoms with E-state index in [0.29, 0.717) is 11.5 Å². The molecule has 1 amide bonds. The molecule has 3 rings (SSSR count). The molecule has 0 saturated carbocycles. The van der Waals surface area contributed by atoms with Gasteiger partial charge in [0.25, 0.3) is 0 Å². The van der Waals surface area contributed by atoms with Gasteiger partial charge in [-0.25, -0.2) is 4.79 Å². The molecule has 0 aliphatic rings. The van der Waals surface area contributed by atoms with Crippen LogP contribution in [0.4, 0.5) is 0 Å². The average Bonchev–Trinajstić information content (AvgIpc) is 3.08. The van der Waals surface area contributed by atoms with Crippen molar-refractivity contribution >= 4 is 22.8 Å². The molecule has 0 fully saturated rings. The number of furan rings is 1. The Labute approximate surface area is 145 Å². The number of likely N-dealkylation sites (N-methyl/N-ethyl adjacent to an activating group) is 1. The monoisotopic (exact) mass is 340 g/mol. The Hall–Kier alpha value is -3.02. The molecule has 0 spiro atoms. The highest BCUT2D eigenvalue weighted by molar-refractivity contribution is 5.89. The fourth-order valence-electron chi connectivity index (χ4n) is 2.98. The number of amides is 1. The molecule has 0 aliphatic carbocycles. The van der Waals surface area contributed by atoms with Crippen molar-refractivity contribution in [2.24, 2.45) is 0 Å². The lowest BCUT2D eigenvalue weighted by Gasteiger charge is -2.16. The van der Waals surface area contributed by atoms with Gasteiger partial charge < -0.3 is 19.0 Å². The van der Waals surface area contributed by atoms with Crippen molar-refractivity contribution in [3.05, 3.63) is 59.2 Å². The number of fused-ring (bicyclic) bond motifs is 1. The first-order valence-corrected chi connectivity index (χ1v) is 7.98.